The van der Waals surface area contributed by atoms with Gasteiger partial charge in [-0.3, -0.25) is 9.78 Å². The molecule has 0 bridgehead atoms. The summed E-state index contributed by atoms with van der Waals surface area (Å²) in [6.45, 7) is -2.25. The lowest BCUT2D eigenvalue weighted by Crippen LogP contribution is -2.32. The molecule has 1 aliphatic heterocycles. The largest absolute Gasteiger partial charge is 0.342 e. The number of fused-ring (bicyclic) bond motifs is 3. The van der Waals surface area contributed by atoms with Gasteiger partial charge >= 0.3 is 0 Å². The van der Waals surface area contributed by atoms with Gasteiger partial charge < -0.3 is 9.47 Å². The summed E-state index contributed by atoms with van der Waals surface area (Å²) in [5.74, 6) is -0.532. The minimum atomic E-state index is -3.31. The molecule has 1 aromatic carbocycles. The van der Waals surface area contributed by atoms with Gasteiger partial charge in [0.2, 0.25) is 5.91 Å². The fourth-order valence-corrected chi connectivity index (χ4v) is 5.17. The van der Waals surface area contributed by atoms with Gasteiger partial charge in [-0.25, -0.2) is 8.42 Å². The van der Waals surface area contributed by atoms with Crippen LogP contribution in [0, 0.1) is 0 Å². The van der Waals surface area contributed by atoms with E-state index in [0.717, 1.165) is 11.2 Å². The Hall–Kier alpha value is -2.09. The number of aryl methyl sites for hydroxylation is 1. The highest BCUT2D eigenvalue weighted by Gasteiger charge is 2.60. The Morgan fingerprint density at radius 3 is 2.70 bits per heavy atom. The van der Waals surface area contributed by atoms with Crippen molar-refractivity contribution in [1.82, 2.24) is 9.55 Å². The summed E-state index contributed by atoms with van der Waals surface area (Å²) in [4.78, 5) is 18.7. The molecule has 3 aromatic rings. The highest BCUT2D eigenvalue weighted by atomic mass is 35.5. The predicted octanol–water partition coefficient (Wildman–Crippen LogP) is 3.97. The topological polar surface area (TPSA) is 72.3 Å². The van der Waals surface area contributed by atoms with E-state index in [4.69, 9.17) is 25.9 Å². The molecule has 156 valence electrons. The van der Waals surface area contributed by atoms with Gasteiger partial charge in [0.25, 0.3) is 0 Å². The van der Waals surface area contributed by atoms with Crippen molar-refractivity contribution in [2.45, 2.75) is 31.3 Å². The van der Waals surface area contributed by atoms with Gasteiger partial charge in [0.15, 0.2) is 0 Å². The number of aromatic nitrogens is 2. The van der Waals surface area contributed by atoms with Crippen molar-refractivity contribution in [1.29, 1.82) is 0 Å². The Kier molecular flexibility index (Phi) is 3.93. The normalized spacial score (nSPS) is 18.6. The van der Waals surface area contributed by atoms with Crippen molar-refractivity contribution in [3.8, 4) is 0 Å². The van der Waals surface area contributed by atoms with Crippen LogP contribution in [-0.2, 0) is 33.1 Å². The Morgan fingerprint density at radius 1 is 1.23 bits per heavy atom. The first-order valence-electron chi connectivity index (χ1n) is 10.4. The first-order chi connectivity index (χ1) is 15.0. The molecule has 6 nitrogen and oxygen atoms in total. The molecule has 1 amide bonds. The van der Waals surface area contributed by atoms with Crippen LogP contribution in [0.4, 0.5) is 5.69 Å². The van der Waals surface area contributed by atoms with E-state index in [0.29, 0.717) is 45.0 Å². The highest BCUT2D eigenvalue weighted by molar-refractivity contribution is 7.90. The Bertz CT molecular complexity index is 1400. The molecule has 0 unspecified atom stereocenters. The van der Waals surface area contributed by atoms with Crippen molar-refractivity contribution in [2.24, 2.45) is 0 Å². The highest BCUT2D eigenvalue weighted by Crippen LogP contribution is 2.59. The maximum Gasteiger partial charge on any atom is 0.238 e. The van der Waals surface area contributed by atoms with E-state index >= 15 is 0 Å². The van der Waals surface area contributed by atoms with Crippen molar-refractivity contribution in [3.05, 3.63) is 58.0 Å². The minimum absolute atomic E-state index is 0.0344. The second-order valence-electron chi connectivity index (χ2n) is 7.86. The first kappa shape index (κ1) is 17.6. The van der Waals surface area contributed by atoms with E-state index in [-0.39, 0.29) is 23.9 Å². The fourth-order valence-electron chi connectivity index (χ4n) is 4.15. The number of halogens is 2. The number of hydrogen-bond acceptors (Lipinski definition) is 4. The third-order valence-electron chi connectivity index (χ3n) is 5.74. The monoisotopic (exact) mass is 465 g/mol. The average Bonchev–Trinajstić information content (AvgIpc) is 3.33. The van der Waals surface area contributed by atoms with E-state index in [1.165, 1.54) is 12.4 Å². The zero-order chi connectivity index (χ0) is 23.1. The smallest absolute Gasteiger partial charge is 0.238 e. The van der Waals surface area contributed by atoms with Crippen LogP contribution in [0.5, 0.6) is 0 Å². The van der Waals surface area contributed by atoms with Crippen LogP contribution in [0.25, 0.3) is 10.9 Å². The molecule has 1 saturated carbocycles. The molecule has 30 heavy (non-hydrogen) atoms. The summed E-state index contributed by atoms with van der Waals surface area (Å²) in [7, 11) is -3.31. The number of pyridine rings is 1. The summed E-state index contributed by atoms with van der Waals surface area (Å²) in [6, 6.07) is 6.69. The molecule has 1 aliphatic carbocycles. The van der Waals surface area contributed by atoms with Crippen molar-refractivity contribution < 1.29 is 16.0 Å². The van der Waals surface area contributed by atoms with E-state index in [1.807, 2.05) is 0 Å². The molecule has 0 atom stereocenters. The summed E-state index contributed by atoms with van der Waals surface area (Å²) < 4.78 is 43.5. The Labute approximate surface area is 187 Å². The number of carbonyl (C=O) groups excluding carboxylic acids is 1. The Morgan fingerprint density at radius 2 is 2.00 bits per heavy atom. The van der Waals surface area contributed by atoms with Crippen LogP contribution >= 0.6 is 23.2 Å². The molecule has 2 aliphatic rings. The number of anilines is 1. The van der Waals surface area contributed by atoms with Gasteiger partial charge in [0, 0.05) is 46.2 Å². The van der Waals surface area contributed by atoms with Gasteiger partial charge in [-0.05, 0) is 37.1 Å². The number of sulfone groups is 1. The summed E-state index contributed by atoms with van der Waals surface area (Å²) >= 11 is 12.5. The molecule has 0 radical (unpaired) electrons. The molecule has 2 aromatic heterocycles. The lowest BCUT2D eigenvalue weighted by molar-refractivity contribution is -0.120. The molecular formula is C21H19Cl2N3O3S. The standard InChI is InChI=1S/C21H19Cl2N3O3S/c1-30(28,29)7-6-25-15(9-13-8-14(22)2-3-17(13)25)12-26-18-11-24-10-16(23)19(18)21(4-5-21)20(26)27/h2-3,8-11H,4-7,12H2,1H3/i12D2. The number of nitrogens with zero attached hydrogens (tertiary/aromatic N) is 3. The summed E-state index contributed by atoms with van der Waals surface area (Å²) in [5.41, 5.74) is 0.952. The number of benzene rings is 1. The maximum atomic E-state index is 13.5. The predicted molar refractivity (Wildman–Crippen MR) is 118 cm³/mol. The van der Waals surface area contributed by atoms with Gasteiger partial charge in [0.05, 0.1) is 37.3 Å². The quantitative estimate of drug-likeness (QED) is 0.571. The van der Waals surface area contributed by atoms with Crippen LogP contribution < -0.4 is 4.90 Å². The zero-order valence-corrected chi connectivity index (χ0v) is 18.4. The van der Waals surface area contributed by atoms with E-state index in [1.54, 1.807) is 28.8 Å². The third-order valence-corrected chi connectivity index (χ3v) is 7.18. The number of amides is 1. The lowest BCUT2D eigenvalue weighted by atomic mass is 9.99. The molecule has 1 spiro atoms. The van der Waals surface area contributed by atoms with Gasteiger partial charge in [-0.1, -0.05) is 23.2 Å². The van der Waals surface area contributed by atoms with Crippen LogP contribution in [0.15, 0.2) is 36.7 Å². The van der Waals surface area contributed by atoms with Crippen molar-refractivity contribution >= 4 is 55.5 Å². The molecule has 1 fully saturated rings. The van der Waals surface area contributed by atoms with Gasteiger partial charge in [0.1, 0.15) is 9.84 Å². The van der Waals surface area contributed by atoms with E-state index in [9.17, 15) is 13.2 Å². The van der Waals surface area contributed by atoms with Crippen LogP contribution in [0.3, 0.4) is 0 Å². The lowest BCUT2D eigenvalue weighted by Gasteiger charge is -2.19. The third kappa shape index (κ3) is 3.11. The second kappa shape index (κ2) is 6.70. The zero-order valence-electron chi connectivity index (χ0n) is 18.0. The van der Waals surface area contributed by atoms with E-state index in [2.05, 4.69) is 4.98 Å². The molecule has 0 N–H and O–H groups in total. The second-order valence-corrected chi connectivity index (χ2v) is 11.0. The molecule has 3 heterocycles. The summed E-state index contributed by atoms with van der Waals surface area (Å²) in [6.07, 6.45) is 5.26. The molecular weight excluding hydrogens is 445 g/mol. The van der Waals surface area contributed by atoms with Gasteiger partial charge in [-0.2, -0.15) is 0 Å². The van der Waals surface area contributed by atoms with Crippen LogP contribution in [0.2, 0.25) is 10.0 Å². The average molecular weight is 466 g/mol. The van der Waals surface area contributed by atoms with E-state index < -0.39 is 21.7 Å². The maximum absolute atomic E-state index is 13.5. The number of rotatable bonds is 5. The Balaban J connectivity index is 1.70. The van der Waals surface area contributed by atoms with Crippen molar-refractivity contribution in [3.63, 3.8) is 0 Å². The number of carbonyl (C=O) groups is 1. The summed E-state index contributed by atoms with van der Waals surface area (Å²) in [5, 5.41) is 1.47. The first-order valence-corrected chi connectivity index (χ1v) is 12.2. The minimum Gasteiger partial charge on any atom is -0.342 e. The number of hydrogen-bond donors (Lipinski definition) is 0. The van der Waals surface area contributed by atoms with Crippen molar-refractivity contribution in [2.75, 3.05) is 16.9 Å². The molecule has 5 rings (SSSR count). The van der Waals surface area contributed by atoms with Gasteiger partial charge in [-0.15, -0.1) is 0 Å². The molecule has 9 heteroatoms. The van der Waals surface area contributed by atoms with Crippen LogP contribution in [-0.4, -0.2) is 35.9 Å². The fraction of sp³-hybridized carbons (Fsp3) is 0.333. The molecule has 0 saturated heterocycles. The SMILES string of the molecule is [2H]C([2H])(c1cc2cc(Cl)ccc2n1CCS(C)(=O)=O)N1C(=O)C2(CC2)c2c(Cl)cncc21. The van der Waals surface area contributed by atoms with Crippen LogP contribution in [0.1, 0.15) is 26.8 Å².